The minimum atomic E-state index is -3.57. The molecule has 0 spiro atoms. The SMILES string of the molecule is C[N+](C)(CC1CCC(CNc2nc3c(s2)CCSc2ccccc2-3)CC1)S(N)(=O)=O. The zero-order valence-electron chi connectivity index (χ0n) is 17.6. The first-order valence-electron chi connectivity index (χ1n) is 10.5. The summed E-state index contributed by atoms with van der Waals surface area (Å²) in [7, 11) is -0.197. The fourth-order valence-electron chi connectivity index (χ4n) is 4.42. The van der Waals surface area contributed by atoms with Crippen LogP contribution in [-0.2, 0) is 16.6 Å². The average molecular weight is 468 g/mol. The lowest BCUT2D eigenvalue weighted by molar-refractivity contribution is -0.767. The zero-order valence-corrected chi connectivity index (χ0v) is 20.1. The molecule has 0 unspecified atom stereocenters. The van der Waals surface area contributed by atoms with Gasteiger partial charge in [0, 0.05) is 33.6 Å². The van der Waals surface area contributed by atoms with E-state index < -0.39 is 10.2 Å². The fourth-order valence-corrected chi connectivity index (χ4v) is 6.98. The molecule has 1 fully saturated rings. The van der Waals surface area contributed by atoms with Crippen molar-refractivity contribution in [1.82, 2.24) is 4.98 Å². The van der Waals surface area contributed by atoms with Crippen molar-refractivity contribution in [3.63, 3.8) is 0 Å². The molecule has 0 atom stereocenters. The van der Waals surface area contributed by atoms with Gasteiger partial charge >= 0.3 is 10.2 Å². The van der Waals surface area contributed by atoms with Gasteiger partial charge in [0.05, 0.1) is 26.3 Å². The normalized spacial score (nSPS) is 22.1. The Kier molecular flexibility index (Phi) is 6.46. The standard InChI is InChI=1S/C21H31N4O2S3/c1-25(2,30(22,26)27)14-16-9-7-15(8-10-16)13-23-21-24-20-17-5-3-4-6-18(17)28-12-11-19(20)29-21/h3-6,15-16H,7-14H2,1-2H3,(H,23,24)(H2,22,26,27)/q+1. The van der Waals surface area contributed by atoms with Gasteiger partial charge in [0.25, 0.3) is 0 Å². The van der Waals surface area contributed by atoms with Gasteiger partial charge in [-0.1, -0.05) is 18.2 Å². The van der Waals surface area contributed by atoms with Crippen molar-refractivity contribution in [1.29, 1.82) is 0 Å². The molecule has 1 aromatic heterocycles. The van der Waals surface area contributed by atoms with Crippen molar-refractivity contribution < 1.29 is 12.3 Å². The highest BCUT2D eigenvalue weighted by Gasteiger charge is 2.34. The number of aryl methyl sites for hydroxylation is 1. The third-order valence-corrected chi connectivity index (χ3v) is 10.00. The molecule has 6 nitrogen and oxygen atoms in total. The number of benzene rings is 1. The van der Waals surface area contributed by atoms with Crippen LogP contribution in [0.25, 0.3) is 11.3 Å². The van der Waals surface area contributed by atoms with Crippen LogP contribution >= 0.6 is 23.1 Å². The van der Waals surface area contributed by atoms with E-state index in [-0.39, 0.29) is 3.89 Å². The second-order valence-electron chi connectivity index (χ2n) is 8.92. The van der Waals surface area contributed by atoms with E-state index in [1.165, 1.54) is 15.3 Å². The summed E-state index contributed by atoms with van der Waals surface area (Å²) in [6, 6.07) is 8.56. The van der Waals surface area contributed by atoms with E-state index in [1.54, 1.807) is 25.4 Å². The molecule has 0 bridgehead atoms. The van der Waals surface area contributed by atoms with Crippen molar-refractivity contribution >= 4 is 38.4 Å². The van der Waals surface area contributed by atoms with Crippen molar-refractivity contribution in [2.45, 2.75) is 37.0 Å². The van der Waals surface area contributed by atoms with Crippen LogP contribution in [0.2, 0.25) is 0 Å². The Morgan fingerprint density at radius 2 is 1.87 bits per heavy atom. The maximum Gasteiger partial charge on any atom is 0.367 e. The van der Waals surface area contributed by atoms with Gasteiger partial charge in [0.1, 0.15) is 0 Å². The summed E-state index contributed by atoms with van der Waals surface area (Å²) in [5.41, 5.74) is 2.41. The van der Waals surface area contributed by atoms with Crippen LogP contribution < -0.4 is 10.5 Å². The van der Waals surface area contributed by atoms with Gasteiger partial charge < -0.3 is 5.32 Å². The quantitative estimate of drug-likeness (QED) is 0.628. The first-order valence-corrected chi connectivity index (χ1v) is 13.8. The minimum absolute atomic E-state index is 0.134. The van der Waals surface area contributed by atoms with Crippen LogP contribution in [0.3, 0.4) is 0 Å². The number of fused-ring (bicyclic) bond motifs is 3. The van der Waals surface area contributed by atoms with Crippen molar-refractivity contribution in [3.8, 4) is 11.3 Å². The second-order valence-corrected chi connectivity index (χ2v) is 13.2. The summed E-state index contributed by atoms with van der Waals surface area (Å²) in [6.45, 7) is 1.53. The Morgan fingerprint density at radius 1 is 1.17 bits per heavy atom. The maximum absolute atomic E-state index is 11.8. The zero-order chi connectivity index (χ0) is 21.4. The van der Waals surface area contributed by atoms with E-state index in [2.05, 4.69) is 29.6 Å². The lowest BCUT2D eigenvalue weighted by Gasteiger charge is -2.34. The number of nitrogens with two attached hydrogens (primary N) is 1. The van der Waals surface area contributed by atoms with E-state index >= 15 is 0 Å². The molecule has 1 aromatic carbocycles. The Balaban J connectivity index is 1.33. The van der Waals surface area contributed by atoms with E-state index in [4.69, 9.17) is 10.1 Å². The monoisotopic (exact) mass is 467 g/mol. The van der Waals surface area contributed by atoms with Crippen LogP contribution in [-0.4, -0.2) is 50.2 Å². The first-order chi connectivity index (χ1) is 14.2. The highest BCUT2D eigenvalue weighted by atomic mass is 32.2. The molecular weight excluding hydrogens is 436 g/mol. The van der Waals surface area contributed by atoms with E-state index in [9.17, 15) is 8.42 Å². The van der Waals surface area contributed by atoms with Gasteiger partial charge in [-0.25, -0.2) is 8.87 Å². The highest BCUT2D eigenvalue weighted by molar-refractivity contribution is 7.99. The van der Waals surface area contributed by atoms with E-state index in [1.807, 2.05) is 11.8 Å². The molecule has 1 saturated carbocycles. The summed E-state index contributed by atoms with van der Waals surface area (Å²) >= 11 is 3.71. The molecule has 9 heteroatoms. The molecule has 2 aromatic rings. The molecule has 1 aliphatic carbocycles. The molecule has 3 N–H and O–H groups in total. The minimum Gasteiger partial charge on any atom is -0.361 e. The van der Waals surface area contributed by atoms with Crippen LogP contribution in [0.4, 0.5) is 5.13 Å². The summed E-state index contributed by atoms with van der Waals surface area (Å²) in [6.07, 6.45) is 5.42. The Hall–Kier alpha value is -1.13. The van der Waals surface area contributed by atoms with Crippen LogP contribution in [0.5, 0.6) is 0 Å². The molecule has 2 heterocycles. The van der Waals surface area contributed by atoms with Gasteiger partial charge in [-0.3, -0.25) is 0 Å². The number of thioether (sulfide) groups is 1. The Labute approximate surface area is 188 Å². The molecule has 1 aliphatic heterocycles. The summed E-state index contributed by atoms with van der Waals surface area (Å²) in [5.74, 6) is 2.13. The number of quaternary nitrogens is 1. The first kappa shape index (κ1) is 22.1. The molecule has 0 saturated heterocycles. The number of nitrogens with zero attached hydrogens (tertiary/aromatic N) is 2. The second kappa shape index (κ2) is 8.78. The third kappa shape index (κ3) is 4.85. The lowest BCUT2D eigenvalue weighted by atomic mass is 9.82. The maximum atomic E-state index is 11.8. The molecule has 0 radical (unpaired) electrons. The summed E-state index contributed by atoms with van der Waals surface area (Å²) in [5, 5.41) is 9.99. The number of thiazole rings is 1. The smallest absolute Gasteiger partial charge is 0.361 e. The van der Waals surface area contributed by atoms with E-state index in [0.29, 0.717) is 18.4 Å². The lowest BCUT2D eigenvalue weighted by Crippen LogP contribution is -2.52. The van der Waals surface area contributed by atoms with Crippen LogP contribution in [0, 0.1) is 11.8 Å². The molecule has 0 amide bonds. The number of anilines is 1. The predicted octanol–water partition coefficient (Wildman–Crippen LogP) is 3.96. The van der Waals surface area contributed by atoms with Crippen molar-refractivity contribution in [2.75, 3.05) is 38.3 Å². The summed E-state index contributed by atoms with van der Waals surface area (Å²) < 4.78 is 23.4. The summed E-state index contributed by atoms with van der Waals surface area (Å²) in [4.78, 5) is 7.64. The number of nitrogens with one attached hydrogen (secondary N) is 1. The van der Waals surface area contributed by atoms with Crippen LogP contribution in [0.15, 0.2) is 29.2 Å². The average Bonchev–Trinajstić information content (AvgIpc) is 3.02. The fraction of sp³-hybridized carbons (Fsp3) is 0.571. The van der Waals surface area contributed by atoms with Gasteiger partial charge in [0.15, 0.2) is 5.13 Å². The third-order valence-electron chi connectivity index (χ3n) is 6.32. The van der Waals surface area contributed by atoms with Crippen molar-refractivity contribution in [2.24, 2.45) is 17.0 Å². The van der Waals surface area contributed by atoms with Gasteiger partial charge in [-0.05, 0) is 44.1 Å². The molecule has 4 rings (SSSR count). The van der Waals surface area contributed by atoms with E-state index in [0.717, 1.165) is 55.2 Å². The highest BCUT2D eigenvalue weighted by Crippen LogP contribution is 2.41. The predicted molar refractivity (Wildman–Crippen MR) is 126 cm³/mol. The topological polar surface area (TPSA) is 85.1 Å². The molecule has 30 heavy (non-hydrogen) atoms. The largest absolute Gasteiger partial charge is 0.367 e. The number of rotatable bonds is 6. The van der Waals surface area contributed by atoms with Crippen LogP contribution in [0.1, 0.15) is 30.6 Å². The van der Waals surface area contributed by atoms with Gasteiger partial charge in [-0.15, -0.1) is 23.1 Å². The molecular formula is C21H31N4O2S3+. The molecule has 164 valence electrons. The number of hydrogen-bond donors (Lipinski definition) is 2. The molecule has 2 aliphatic rings. The number of hydrogen-bond acceptors (Lipinski definition) is 6. The Morgan fingerprint density at radius 3 is 2.60 bits per heavy atom. The van der Waals surface area contributed by atoms with Gasteiger partial charge in [-0.2, -0.15) is 13.6 Å². The van der Waals surface area contributed by atoms with Gasteiger partial charge in [0.2, 0.25) is 0 Å². The van der Waals surface area contributed by atoms with Crippen molar-refractivity contribution in [3.05, 3.63) is 29.1 Å². The number of aromatic nitrogens is 1. The Bertz CT molecular complexity index is 995.